The molecule has 1 amide bonds. The molecule has 2 aliphatic heterocycles. The van der Waals surface area contributed by atoms with Crippen LogP contribution >= 0.6 is 0 Å². The maximum absolute atomic E-state index is 12.3. The van der Waals surface area contributed by atoms with Crippen molar-refractivity contribution in [1.82, 2.24) is 30.5 Å². The molecule has 3 rings (SSSR count). The summed E-state index contributed by atoms with van der Waals surface area (Å²) in [4.78, 5) is 14.7. The lowest BCUT2D eigenvalue weighted by Gasteiger charge is -2.34. The van der Waals surface area contributed by atoms with E-state index in [1.807, 2.05) is 6.20 Å². The van der Waals surface area contributed by atoms with E-state index in [4.69, 9.17) is 0 Å². The van der Waals surface area contributed by atoms with Crippen molar-refractivity contribution in [1.29, 1.82) is 0 Å². The maximum Gasteiger partial charge on any atom is 0.242 e. The summed E-state index contributed by atoms with van der Waals surface area (Å²) in [6.45, 7) is 8.91. The van der Waals surface area contributed by atoms with Crippen LogP contribution in [0.2, 0.25) is 0 Å². The first-order valence-electron chi connectivity index (χ1n) is 9.26. The summed E-state index contributed by atoms with van der Waals surface area (Å²) in [5.41, 5.74) is 1.02. The quantitative estimate of drug-likeness (QED) is 0.830. The number of hydrogen-bond donors (Lipinski definition) is 2. The number of carbonyl (C=O) groups excluding carboxylic acids is 1. The van der Waals surface area contributed by atoms with Crippen molar-refractivity contribution in [3.8, 4) is 0 Å². The first kappa shape index (κ1) is 17.4. The predicted molar refractivity (Wildman–Crippen MR) is 92.7 cm³/mol. The molecule has 3 heterocycles. The molecule has 0 bridgehead atoms. The van der Waals surface area contributed by atoms with E-state index in [1.54, 1.807) is 4.68 Å². The number of nitrogens with one attached hydrogen (secondary N) is 2. The van der Waals surface area contributed by atoms with E-state index in [9.17, 15) is 4.79 Å². The van der Waals surface area contributed by atoms with Crippen LogP contribution in [0.3, 0.4) is 0 Å². The molecule has 7 heteroatoms. The van der Waals surface area contributed by atoms with E-state index in [0.717, 1.165) is 57.6 Å². The van der Waals surface area contributed by atoms with Crippen LogP contribution in [0.1, 0.15) is 51.1 Å². The van der Waals surface area contributed by atoms with Gasteiger partial charge in [0.2, 0.25) is 5.91 Å². The number of likely N-dealkylation sites (tertiary alicyclic amines) is 1. The Morgan fingerprint density at radius 1 is 1.29 bits per heavy atom. The van der Waals surface area contributed by atoms with Gasteiger partial charge in [-0.2, -0.15) is 0 Å². The SMILES string of the molecule is CC(C)N1CCC(NC(=O)Cn2cc(C3CCNCC3)nn2)CC1. The summed E-state index contributed by atoms with van der Waals surface area (Å²) in [5, 5.41) is 14.9. The third-order valence-electron chi connectivity index (χ3n) is 5.24. The Bertz CT molecular complexity index is 529. The lowest BCUT2D eigenvalue weighted by atomic mass is 9.95. The fourth-order valence-electron chi connectivity index (χ4n) is 3.68. The molecule has 0 atom stereocenters. The smallest absolute Gasteiger partial charge is 0.242 e. The Balaban J connectivity index is 1.44. The minimum Gasteiger partial charge on any atom is -0.352 e. The van der Waals surface area contributed by atoms with E-state index >= 15 is 0 Å². The predicted octanol–water partition coefficient (Wildman–Crippen LogP) is 0.734. The monoisotopic (exact) mass is 334 g/mol. The number of piperidine rings is 2. The number of carbonyl (C=O) groups is 1. The Hall–Kier alpha value is -1.47. The largest absolute Gasteiger partial charge is 0.352 e. The lowest BCUT2D eigenvalue weighted by molar-refractivity contribution is -0.122. The molecular formula is C17H30N6O. The van der Waals surface area contributed by atoms with Crippen LogP contribution in [-0.2, 0) is 11.3 Å². The average molecular weight is 334 g/mol. The molecule has 2 aliphatic rings. The third-order valence-corrected chi connectivity index (χ3v) is 5.24. The van der Waals surface area contributed by atoms with Gasteiger partial charge in [0.1, 0.15) is 6.54 Å². The van der Waals surface area contributed by atoms with Crippen LogP contribution in [0.25, 0.3) is 0 Å². The van der Waals surface area contributed by atoms with Gasteiger partial charge in [0.15, 0.2) is 0 Å². The number of rotatable bonds is 5. The van der Waals surface area contributed by atoms with Crippen LogP contribution in [0.4, 0.5) is 0 Å². The first-order chi connectivity index (χ1) is 11.6. The van der Waals surface area contributed by atoms with Crippen molar-refractivity contribution in [2.45, 2.75) is 64.1 Å². The summed E-state index contributed by atoms with van der Waals surface area (Å²) in [6.07, 6.45) is 6.19. The van der Waals surface area contributed by atoms with Crippen molar-refractivity contribution in [2.75, 3.05) is 26.2 Å². The number of nitrogens with zero attached hydrogens (tertiary/aromatic N) is 4. The highest BCUT2D eigenvalue weighted by Gasteiger charge is 2.23. The highest BCUT2D eigenvalue weighted by atomic mass is 16.2. The second-order valence-corrected chi connectivity index (χ2v) is 7.34. The molecule has 2 saturated heterocycles. The highest BCUT2D eigenvalue weighted by Crippen LogP contribution is 2.22. The Morgan fingerprint density at radius 2 is 2.00 bits per heavy atom. The van der Waals surface area contributed by atoms with Gasteiger partial charge in [-0.1, -0.05) is 5.21 Å². The topological polar surface area (TPSA) is 75.1 Å². The standard InChI is InChI=1S/C17H30N6O/c1-13(2)22-9-5-15(6-10-22)19-17(24)12-23-11-16(20-21-23)14-3-7-18-8-4-14/h11,13-15,18H,3-10,12H2,1-2H3,(H,19,24). The second kappa shape index (κ2) is 8.07. The first-order valence-corrected chi connectivity index (χ1v) is 9.26. The summed E-state index contributed by atoms with van der Waals surface area (Å²) >= 11 is 0. The summed E-state index contributed by atoms with van der Waals surface area (Å²) in [6, 6.07) is 0.880. The third kappa shape index (κ3) is 4.54. The molecular weight excluding hydrogens is 304 g/mol. The van der Waals surface area contributed by atoms with Gasteiger partial charge < -0.3 is 15.5 Å². The molecule has 1 aromatic heterocycles. The molecule has 0 spiro atoms. The molecule has 0 unspecified atom stereocenters. The molecule has 2 N–H and O–H groups in total. The van der Waals surface area contributed by atoms with Gasteiger partial charge >= 0.3 is 0 Å². The Morgan fingerprint density at radius 3 is 2.67 bits per heavy atom. The van der Waals surface area contributed by atoms with Gasteiger partial charge in [-0.25, -0.2) is 4.68 Å². The van der Waals surface area contributed by atoms with E-state index in [-0.39, 0.29) is 12.5 Å². The minimum absolute atomic E-state index is 0.0414. The zero-order valence-corrected chi connectivity index (χ0v) is 14.9. The van der Waals surface area contributed by atoms with Gasteiger partial charge in [-0.05, 0) is 52.6 Å². The summed E-state index contributed by atoms with van der Waals surface area (Å²) in [7, 11) is 0. The number of amides is 1. The molecule has 0 aliphatic carbocycles. The van der Waals surface area contributed by atoms with Crippen LogP contribution < -0.4 is 10.6 Å². The minimum atomic E-state index is 0.0414. The fourth-order valence-corrected chi connectivity index (χ4v) is 3.68. The molecule has 0 aromatic carbocycles. The van der Waals surface area contributed by atoms with Gasteiger partial charge in [-0.3, -0.25) is 4.79 Å². The van der Waals surface area contributed by atoms with Crippen LogP contribution in [0, 0.1) is 0 Å². The van der Waals surface area contributed by atoms with E-state index < -0.39 is 0 Å². The fraction of sp³-hybridized carbons (Fsp3) is 0.824. The highest BCUT2D eigenvalue weighted by molar-refractivity contribution is 5.75. The summed E-state index contributed by atoms with van der Waals surface area (Å²) in [5.74, 6) is 0.517. The van der Waals surface area contributed by atoms with Gasteiger partial charge in [0.25, 0.3) is 0 Å². The van der Waals surface area contributed by atoms with Crippen molar-refractivity contribution in [2.24, 2.45) is 0 Å². The average Bonchev–Trinajstić information content (AvgIpc) is 3.04. The Labute approximate surface area is 144 Å². The van der Waals surface area contributed by atoms with Crippen molar-refractivity contribution in [3.05, 3.63) is 11.9 Å². The maximum atomic E-state index is 12.3. The second-order valence-electron chi connectivity index (χ2n) is 7.34. The zero-order chi connectivity index (χ0) is 16.9. The summed E-state index contributed by atoms with van der Waals surface area (Å²) < 4.78 is 1.68. The molecule has 24 heavy (non-hydrogen) atoms. The molecule has 1 aromatic rings. The molecule has 134 valence electrons. The van der Waals surface area contributed by atoms with Gasteiger partial charge in [-0.15, -0.1) is 5.10 Å². The molecule has 0 saturated carbocycles. The number of aromatic nitrogens is 3. The van der Waals surface area contributed by atoms with Crippen LogP contribution in [0.5, 0.6) is 0 Å². The van der Waals surface area contributed by atoms with Crippen LogP contribution in [0.15, 0.2) is 6.20 Å². The van der Waals surface area contributed by atoms with E-state index in [1.165, 1.54) is 0 Å². The van der Waals surface area contributed by atoms with E-state index in [2.05, 4.69) is 39.7 Å². The molecule has 7 nitrogen and oxygen atoms in total. The van der Waals surface area contributed by atoms with Crippen molar-refractivity contribution in [3.63, 3.8) is 0 Å². The normalized spacial score (nSPS) is 21.3. The lowest BCUT2D eigenvalue weighted by Crippen LogP contribution is -2.47. The Kier molecular flexibility index (Phi) is 5.84. The zero-order valence-electron chi connectivity index (χ0n) is 14.9. The molecule has 2 fully saturated rings. The van der Waals surface area contributed by atoms with Crippen molar-refractivity contribution >= 4 is 5.91 Å². The van der Waals surface area contributed by atoms with Crippen LogP contribution in [-0.4, -0.2) is 64.1 Å². The van der Waals surface area contributed by atoms with Crippen molar-refractivity contribution < 1.29 is 4.79 Å². The van der Waals surface area contributed by atoms with Gasteiger partial charge in [0.05, 0.1) is 5.69 Å². The molecule has 0 radical (unpaired) electrons. The van der Waals surface area contributed by atoms with Gasteiger partial charge in [0, 0.05) is 37.3 Å². The number of hydrogen-bond acceptors (Lipinski definition) is 5. The van der Waals surface area contributed by atoms with E-state index in [0.29, 0.717) is 18.0 Å².